The minimum absolute atomic E-state index is 0.280. The van der Waals surface area contributed by atoms with Gasteiger partial charge in [-0.2, -0.15) is 0 Å². The summed E-state index contributed by atoms with van der Waals surface area (Å²) in [6.07, 6.45) is 5.92. The van der Waals surface area contributed by atoms with Gasteiger partial charge in [-0.1, -0.05) is 12.8 Å². The molecule has 1 aromatic rings. The average molecular weight is 331 g/mol. The summed E-state index contributed by atoms with van der Waals surface area (Å²) in [6, 6.07) is 4.28. The topological polar surface area (TPSA) is 96.5 Å². The van der Waals surface area contributed by atoms with Crippen LogP contribution in [0.1, 0.15) is 52.8 Å². The minimum atomic E-state index is -0.442. The van der Waals surface area contributed by atoms with Gasteiger partial charge in [0, 0.05) is 18.8 Å². The van der Waals surface area contributed by atoms with Crippen molar-refractivity contribution >= 4 is 23.5 Å². The number of fused-ring (bicyclic) bond motifs is 1. The van der Waals surface area contributed by atoms with Crippen LogP contribution in [-0.2, 0) is 4.74 Å². The normalized spacial score (nSPS) is 16.8. The fraction of sp³-hybridized carbons (Fsp3) is 0.471. The van der Waals surface area contributed by atoms with Crippen LogP contribution in [0.2, 0.25) is 0 Å². The predicted molar refractivity (Wildman–Crippen MR) is 88.1 cm³/mol. The lowest BCUT2D eigenvalue weighted by molar-refractivity contribution is 0.0572. The molecule has 0 bridgehead atoms. The van der Waals surface area contributed by atoms with Crippen LogP contribution in [0.25, 0.3) is 0 Å². The number of urea groups is 1. The fourth-order valence-electron chi connectivity index (χ4n) is 3.00. The van der Waals surface area contributed by atoms with Gasteiger partial charge >= 0.3 is 6.03 Å². The van der Waals surface area contributed by atoms with E-state index in [4.69, 9.17) is 4.74 Å². The van der Waals surface area contributed by atoms with Crippen molar-refractivity contribution in [1.29, 1.82) is 0 Å². The van der Waals surface area contributed by atoms with E-state index in [-0.39, 0.29) is 11.6 Å². The van der Waals surface area contributed by atoms with Gasteiger partial charge in [0.25, 0.3) is 11.8 Å². The van der Waals surface area contributed by atoms with E-state index in [1.54, 1.807) is 6.07 Å². The third kappa shape index (κ3) is 3.91. The molecular weight excluding hydrogens is 310 g/mol. The van der Waals surface area contributed by atoms with Crippen LogP contribution in [0.3, 0.4) is 0 Å². The molecule has 1 aromatic carbocycles. The van der Waals surface area contributed by atoms with Crippen molar-refractivity contribution in [2.24, 2.45) is 0 Å². The largest absolute Gasteiger partial charge is 0.378 e. The Morgan fingerprint density at radius 3 is 2.71 bits per heavy atom. The Hall–Kier alpha value is -2.41. The first-order chi connectivity index (χ1) is 11.6. The average Bonchev–Trinajstić information content (AvgIpc) is 3.16. The Kier molecular flexibility index (Phi) is 5.10. The lowest BCUT2D eigenvalue weighted by atomic mass is 10.1. The molecule has 7 heteroatoms. The summed E-state index contributed by atoms with van der Waals surface area (Å²) in [5.41, 5.74) is 1.08. The van der Waals surface area contributed by atoms with E-state index in [9.17, 15) is 14.4 Å². The van der Waals surface area contributed by atoms with Gasteiger partial charge in [0.15, 0.2) is 0 Å². The highest BCUT2D eigenvalue weighted by atomic mass is 16.5. The van der Waals surface area contributed by atoms with Crippen molar-refractivity contribution in [2.75, 3.05) is 18.5 Å². The molecule has 1 heterocycles. The summed E-state index contributed by atoms with van der Waals surface area (Å²) < 4.78 is 5.73. The summed E-state index contributed by atoms with van der Waals surface area (Å²) in [7, 11) is 0. The Morgan fingerprint density at radius 2 is 1.92 bits per heavy atom. The van der Waals surface area contributed by atoms with Crippen LogP contribution in [0.5, 0.6) is 0 Å². The zero-order valence-corrected chi connectivity index (χ0v) is 13.4. The Bertz CT molecular complexity index is 653. The first-order valence-electron chi connectivity index (χ1n) is 8.29. The second-order valence-corrected chi connectivity index (χ2v) is 6.06. The zero-order valence-electron chi connectivity index (χ0n) is 13.4. The van der Waals surface area contributed by atoms with Crippen LogP contribution < -0.4 is 16.0 Å². The smallest absolute Gasteiger partial charge is 0.319 e. The van der Waals surface area contributed by atoms with E-state index < -0.39 is 11.8 Å². The van der Waals surface area contributed by atoms with E-state index in [1.165, 1.54) is 25.0 Å². The minimum Gasteiger partial charge on any atom is -0.378 e. The third-order valence-corrected chi connectivity index (χ3v) is 4.26. The fourth-order valence-corrected chi connectivity index (χ4v) is 3.00. The molecule has 1 saturated carbocycles. The van der Waals surface area contributed by atoms with Crippen molar-refractivity contribution in [2.45, 2.75) is 38.2 Å². The molecule has 24 heavy (non-hydrogen) atoms. The van der Waals surface area contributed by atoms with Gasteiger partial charge < -0.3 is 15.4 Å². The van der Waals surface area contributed by atoms with E-state index >= 15 is 0 Å². The number of amides is 4. The predicted octanol–water partition coefficient (Wildman–Crippen LogP) is 2.04. The number of hydrogen-bond donors (Lipinski definition) is 3. The lowest BCUT2D eigenvalue weighted by Crippen LogP contribution is -2.30. The highest BCUT2D eigenvalue weighted by Gasteiger charge is 2.26. The highest BCUT2D eigenvalue weighted by Crippen LogP contribution is 2.21. The molecule has 0 saturated heterocycles. The second kappa shape index (κ2) is 7.44. The van der Waals surface area contributed by atoms with Gasteiger partial charge in [0.05, 0.1) is 17.2 Å². The third-order valence-electron chi connectivity index (χ3n) is 4.26. The maximum absolute atomic E-state index is 11.8. The lowest BCUT2D eigenvalue weighted by Gasteiger charge is -2.11. The van der Waals surface area contributed by atoms with Gasteiger partial charge in [-0.15, -0.1) is 0 Å². The summed E-state index contributed by atoms with van der Waals surface area (Å²) >= 11 is 0. The molecule has 1 fully saturated rings. The van der Waals surface area contributed by atoms with E-state index in [0.717, 1.165) is 19.3 Å². The van der Waals surface area contributed by atoms with Crippen LogP contribution in [-0.4, -0.2) is 37.1 Å². The van der Waals surface area contributed by atoms with Crippen molar-refractivity contribution < 1.29 is 19.1 Å². The van der Waals surface area contributed by atoms with E-state index in [1.807, 2.05) is 0 Å². The zero-order chi connectivity index (χ0) is 16.9. The summed E-state index contributed by atoms with van der Waals surface area (Å²) in [5, 5.41) is 7.62. The Morgan fingerprint density at radius 1 is 1.17 bits per heavy atom. The number of rotatable bonds is 6. The van der Waals surface area contributed by atoms with Crippen LogP contribution >= 0.6 is 0 Å². The molecule has 1 aliphatic carbocycles. The number of benzene rings is 1. The van der Waals surface area contributed by atoms with Crippen LogP contribution in [0.4, 0.5) is 10.5 Å². The summed E-state index contributed by atoms with van der Waals surface area (Å²) in [6.45, 7) is 1.16. The maximum Gasteiger partial charge on any atom is 0.319 e. The van der Waals surface area contributed by atoms with Gasteiger partial charge in [-0.3, -0.25) is 14.9 Å². The molecule has 0 aromatic heterocycles. The number of carbonyl (C=O) groups excluding carboxylic acids is 3. The molecular formula is C17H21N3O4. The Labute approximate surface area is 140 Å². The van der Waals surface area contributed by atoms with E-state index in [0.29, 0.717) is 30.5 Å². The first-order valence-corrected chi connectivity index (χ1v) is 8.29. The number of imide groups is 1. The van der Waals surface area contributed by atoms with Crippen molar-refractivity contribution in [3.63, 3.8) is 0 Å². The molecule has 7 nitrogen and oxygen atoms in total. The number of carbonyl (C=O) groups is 3. The van der Waals surface area contributed by atoms with Crippen molar-refractivity contribution in [3.05, 3.63) is 29.3 Å². The SMILES string of the molecule is O=C(NCCCOC1CCCC1)Nc1ccc2c(c1)C(=O)NC2=O. The molecule has 0 spiro atoms. The number of hydrogen-bond acceptors (Lipinski definition) is 4. The molecule has 0 unspecified atom stereocenters. The molecule has 0 atom stereocenters. The maximum atomic E-state index is 11.8. The van der Waals surface area contributed by atoms with Gasteiger partial charge in [0.2, 0.25) is 0 Å². The molecule has 3 rings (SSSR count). The summed E-state index contributed by atoms with van der Waals surface area (Å²) in [5.74, 6) is -0.851. The molecule has 0 radical (unpaired) electrons. The molecule has 1 aliphatic heterocycles. The van der Waals surface area contributed by atoms with E-state index in [2.05, 4.69) is 16.0 Å². The standard InChI is InChI=1S/C17H21N3O4/c21-15-13-7-6-11(10-14(13)16(22)20-15)19-17(23)18-8-3-9-24-12-4-1-2-5-12/h6-7,10,12H,1-5,8-9H2,(H2,18,19,23)(H,20,21,22). The second-order valence-electron chi connectivity index (χ2n) is 6.06. The van der Waals surface area contributed by atoms with Crippen LogP contribution in [0.15, 0.2) is 18.2 Å². The Balaban J connectivity index is 1.40. The van der Waals surface area contributed by atoms with Gasteiger partial charge in [-0.05, 0) is 37.5 Å². The number of anilines is 1. The molecule has 2 aliphatic rings. The molecule has 128 valence electrons. The number of ether oxygens (including phenoxy) is 1. The number of nitrogens with one attached hydrogen (secondary N) is 3. The monoisotopic (exact) mass is 331 g/mol. The quantitative estimate of drug-likeness (QED) is 0.549. The molecule has 4 amide bonds. The van der Waals surface area contributed by atoms with Crippen molar-refractivity contribution in [3.8, 4) is 0 Å². The van der Waals surface area contributed by atoms with Gasteiger partial charge in [-0.25, -0.2) is 4.79 Å². The highest BCUT2D eigenvalue weighted by molar-refractivity contribution is 6.21. The van der Waals surface area contributed by atoms with Crippen molar-refractivity contribution in [1.82, 2.24) is 10.6 Å². The first kappa shape index (κ1) is 16.4. The molecule has 3 N–H and O–H groups in total. The van der Waals surface area contributed by atoms with Crippen LogP contribution in [0, 0.1) is 0 Å². The van der Waals surface area contributed by atoms with Gasteiger partial charge in [0.1, 0.15) is 0 Å². The summed E-state index contributed by atoms with van der Waals surface area (Å²) in [4.78, 5) is 34.9.